The number of nitrogens with zero attached hydrogens (tertiary/aromatic N) is 1. The number of primary amides is 1. The molecule has 8 heteroatoms. The van der Waals surface area contributed by atoms with Crippen LogP contribution in [0.2, 0.25) is 5.02 Å². The highest BCUT2D eigenvalue weighted by molar-refractivity contribution is 6.30. The second-order valence-corrected chi connectivity index (χ2v) is 7.59. The first-order valence-electron chi connectivity index (χ1n) is 10.0. The maximum atomic E-state index is 12.8. The van der Waals surface area contributed by atoms with E-state index in [1.807, 2.05) is 12.1 Å². The van der Waals surface area contributed by atoms with E-state index in [4.69, 9.17) is 31.8 Å². The summed E-state index contributed by atoms with van der Waals surface area (Å²) in [5.74, 6) is -0.0431. The van der Waals surface area contributed by atoms with Crippen LogP contribution in [0.3, 0.4) is 0 Å². The summed E-state index contributed by atoms with van der Waals surface area (Å²) in [5.41, 5.74) is 8.31. The number of carbonyl (C=O) groups is 2. The van der Waals surface area contributed by atoms with Crippen LogP contribution in [0.1, 0.15) is 10.4 Å². The Morgan fingerprint density at radius 3 is 2.48 bits per heavy atom. The number of rotatable bonds is 7. The number of carbonyl (C=O) groups excluding carboxylic acids is 2. The summed E-state index contributed by atoms with van der Waals surface area (Å²) in [5, 5.41) is 4.09. The van der Waals surface area contributed by atoms with Gasteiger partial charge in [0.2, 0.25) is 0 Å². The van der Waals surface area contributed by atoms with Crippen LogP contribution in [0.5, 0.6) is 11.5 Å². The van der Waals surface area contributed by atoms with Gasteiger partial charge in [0.25, 0.3) is 11.8 Å². The summed E-state index contributed by atoms with van der Waals surface area (Å²) in [4.78, 5) is 28.8. The number of hydrogen-bond acceptors (Lipinski definition) is 5. The van der Waals surface area contributed by atoms with Crippen molar-refractivity contribution in [2.75, 3.05) is 19.0 Å². The molecular weight excluding hydrogens is 442 g/mol. The molecule has 0 aliphatic heterocycles. The lowest BCUT2D eigenvalue weighted by Crippen LogP contribution is -2.20. The predicted molar refractivity (Wildman–Crippen MR) is 128 cm³/mol. The molecule has 0 saturated carbocycles. The standard InChI is InChI=1S/C25H20ClN3O4/c1-32-22-5-3-2-4-18(22)25(31)28-17-10-11-20-19(12-17)23(33-14-24(27)30)13-21(29-20)15-6-8-16(26)9-7-15/h2-13H,14H2,1H3,(H2,27,30)(H,28,31). The largest absolute Gasteiger partial charge is 0.496 e. The number of para-hydroxylation sites is 1. The van der Waals surface area contributed by atoms with E-state index in [1.165, 1.54) is 7.11 Å². The predicted octanol–water partition coefficient (Wildman–Crippen LogP) is 4.68. The zero-order chi connectivity index (χ0) is 23.4. The average molecular weight is 462 g/mol. The second-order valence-electron chi connectivity index (χ2n) is 7.15. The summed E-state index contributed by atoms with van der Waals surface area (Å²) >= 11 is 5.99. The fourth-order valence-corrected chi connectivity index (χ4v) is 3.47. The number of nitrogens with two attached hydrogens (primary N) is 1. The van der Waals surface area contributed by atoms with Gasteiger partial charge in [0.1, 0.15) is 11.5 Å². The molecule has 2 amide bonds. The van der Waals surface area contributed by atoms with Gasteiger partial charge in [-0.2, -0.15) is 0 Å². The van der Waals surface area contributed by atoms with E-state index in [2.05, 4.69) is 5.32 Å². The van der Waals surface area contributed by atoms with Gasteiger partial charge in [-0.15, -0.1) is 0 Å². The van der Waals surface area contributed by atoms with Crippen LogP contribution in [-0.2, 0) is 4.79 Å². The molecule has 166 valence electrons. The first-order chi connectivity index (χ1) is 15.9. The van der Waals surface area contributed by atoms with E-state index in [-0.39, 0.29) is 12.5 Å². The van der Waals surface area contributed by atoms with Gasteiger partial charge in [0.15, 0.2) is 6.61 Å². The molecule has 4 rings (SSSR count). The Bertz CT molecular complexity index is 1340. The molecule has 0 bridgehead atoms. The van der Waals surface area contributed by atoms with Gasteiger partial charge < -0.3 is 20.5 Å². The molecule has 3 N–H and O–H groups in total. The Morgan fingerprint density at radius 1 is 1.00 bits per heavy atom. The monoisotopic (exact) mass is 461 g/mol. The van der Waals surface area contributed by atoms with Crippen LogP contribution in [-0.4, -0.2) is 30.5 Å². The van der Waals surface area contributed by atoms with E-state index in [0.717, 1.165) is 5.56 Å². The minimum Gasteiger partial charge on any atom is -0.496 e. The SMILES string of the molecule is COc1ccccc1C(=O)Nc1ccc2nc(-c3ccc(Cl)cc3)cc(OCC(N)=O)c2c1. The molecule has 1 aromatic heterocycles. The second kappa shape index (κ2) is 9.58. The van der Waals surface area contributed by atoms with Crippen LogP contribution >= 0.6 is 11.6 Å². The van der Waals surface area contributed by atoms with Crippen molar-refractivity contribution >= 4 is 40.0 Å². The van der Waals surface area contributed by atoms with Gasteiger partial charge in [-0.25, -0.2) is 4.98 Å². The normalized spacial score (nSPS) is 10.6. The van der Waals surface area contributed by atoms with Gasteiger partial charge >= 0.3 is 0 Å². The quantitative estimate of drug-likeness (QED) is 0.416. The Kier molecular flexibility index (Phi) is 6.42. The van der Waals surface area contributed by atoms with Gasteiger partial charge in [0, 0.05) is 27.7 Å². The lowest BCUT2D eigenvalue weighted by Gasteiger charge is -2.13. The van der Waals surface area contributed by atoms with E-state index >= 15 is 0 Å². The molecule has 0 unspecified atom stereocenters. The molecule has 0 atom stereocenters. The molecule has 7 nitrogen and oxygen atoms in total. The van der Waals surface area contributed by atoms with Crippen LogP contribution < -0.4 is 20.5 Å². The molecule has 1 heterocycles. The molecule has 3 aromatic carbocycles. The zero-order valence-corrected chi connectivity index (χ0v) is 18.4. The highest BCUT2D eigenvalue weighted by Gasteiger charge is 2.14. The van der Waals surface area contributed by atoms with Crippen molar-refractivity contribution in [2.24, 2.45) is 5.73 Å². The molecule has 0 spiro atoms. The van der Waals surface area contributed by atoms with Crippen molar-refractivity contribution in [1.29, 1.82) is 0 Å². The molecule has 0 fully saturated rings. The molecule has 0 aliphatic carbocycles. The minimum atomic E-state index is -0.603. The number of pyridine rings is 1. The van der Waals surface area contributed by atoms with E-state index in [1.54, 1.807) is 60.7 Å². The number of nitrogens with one attached hydrogen (secondary N) is 1. The number of methoxy groups -OCH3 is 1. The van der Waals surface area contributed by atoms with Crippen molar-refractivity contribution in [3.05, 3.63) is 83.4 Å². The highest BCUT2D eigenvalue weighted by atomic mass is 35.5. The Hall–Kier alpha value is -4.10. The van der Waals surface area contributed by atoms with E-state index in [9.17, 15) is 9.59 Å². The highest BCUT2D eigenvalue weighted by Crippen LogP contribution is 2.32. The fourth-order valence-electron chi connectivity index (χ4n) is 3.34. The van der Waals surface area contributed by atoms with Crippen molar-refractivity contribution in [3.63, 3.8) is 0 Å². The third-order valence-corrected chi connectivity index (χ3v) is 5.14. The number of aromatic nitrogens is 1. The van der Waals surface area contributed by atoms with Crippen molar-refractivity contribution < 1.29 is 19.1 Å². The number of halogens is 1. The first-order valence-corrected chi connectivity index (χ1v) is 10.4. The Labute approximate surface area is 195 Å². The van der Waals surface area contributed by atoms with Gasteiger partial charge in [0.05, 0.1) is 23.9 Å². The topological polar surface area (TPSA) is 104 Å². The number of amides is 2. The maximum Gasteiger partial charge on any atom is 0.259 e. The van der Waals surface area contributed by atoms with E-state index in [0.29, 0.717) is 44.4 Å². The van der Waals surface area contributed by atoms with Crippen LogP contribution in [0, 0.1) is 0 Å². The molecule has 0 radical (unpaired) electrons. The van der Waals surface area contributed by atoms with E-state index < -0.39 is 5.91 Å². The number of ether oxygens (including phenoxy) is 2. The number of anilines is 1. The smallest absolute Gasteiger partial charge is 0.259 e. The van der Waals surface area contributed by atoms with Gasteiger partial charge in [-0.3, -0.25) is 9.59 Å². The molecular formula is C25H20ClN3O4. The summed E-state index contributed by atoms with van der Waals surface area (Å²) in [6.45, 7) is -0.295. The summed E-state index contributed by atoms with van der Waals surface area (Å²) < 4.78 is 10.9. The molecule has 0 aliphatic rings. The Balaban J connectivity index is 1.72. The number of hydrogen-bond donors (Lipinski definition) is 2. The summed E-state index contributed by atoms with van der Waals surface area (Å²) in [7, 11) is 1.51. The lowest BCUT2D eigenvalue weighted by atomic mass is 10.1. The van der Waals surface area contributed by atoms with Crippen LogP contribution in [0.25, 0.3) is 22.2 Å². The summed E-state index contributed by atoms with van der Waals surface area (Å²) in [6.07, 6.45) is 0. The summed E-state index contributed by atoms with van der Waals surface area (Å²) in [6, 6.07) is 21.1. The van der Waals surface area contributed by atoms with Crippen molar-refractivity contribution in [1.82, 2.24) is 4.98 Å². The third-order valence-electron chi connectivity index (χ3n) is 4.89. The number of benzene rings is 3. The zero-order valence-electron chi connectivity index (χ0n) is 17.7. The van der Waals surface area contributed by atoms with Crippen LogP contribution in [0.15, 0.2) is 72.8 Å². The fraction of sp³-hybridized carbons (Fsp3) is 0.0800. The lowest BCUT2D eigenvalue weighted by molar-refractivity contribution is -0.119. The number of fused-ring (bicyclic) bond motifs is 1. The molecule has 33 heavy (non-hydrogen) atoms. The average Bonchev–Trinajstić information content (AvgIpc) is 2.82. The van der Waals surface area contributed by atoms with Gasteiger partial charge in [-0.05, 0) is 42.5 Å². The van der Waals surface area contributed by atoms with Crippen molar-refractivity contribution in [2.45, 2.75) is 0 Å². The Morgan fingerprint density at radius 2 is 1.76 bits per heavy atom. The minimum absolute atomic E-state index is 0.295. The van der Waals surface area contributed by atoms with Crippen LogP contribution in [0.4, 0.5) is 5.69 Å². The first kappa shape index (κ1) is 22.1. The maximum absolute atomic E-state index is 12.8. The molecule has 0 saturated heterocycles. The van der Waals surface area contributed by atoms with Gasteiger partial charge in [-0.1, -0.05) is 35.9 Å². The molecule has 4 aromatic rings. The third kappa shape index (κ3) is 5.05. The van der Waals surface area contributed by atoms with Crippen molar-refractivity contribution in [3.8, 4) is 22.8 Å².